The van der Waals surface area contributed by atoms with Crippen LogP contribution >= 0.6 is 11.6 Å². The number of benzene rings is 1. The van der Waals surface area contributed by atoms with Crippen LogP contribution in [0.5, 0.6) is 0 Å². The molecule has 0 saturated heterocycles. The van der Waals surface area contributed by atoms with Crippen molar-refractivity contribution >= 4 is 34.7 Å². The molecule has 0 fully saturated rings. The van der Waals surface area contributed by atoms with Crippen molar-refractivity contribution in [3.05, 3.63) is 82.9 Å². The summed E-state index contributed by atoms with van der Waals surface area (Å²) in [5.74, 6) is 0.398. The van der Waals surface area contributed by atoms with Crippen LogP contribution in [0.1, 0.15) is 28.8 Å². The molecule has 2 aromatic heterocycles. The third-order valence-electron chi connectivity index (χ3n) is 5.50. The van der Waals surface area contributed by atoms with Gasteiger partial charge in [0.25, 0.3) is 5.60 Å². The zero-order valence-corrected chi connectivity index (χ0v) is 18.7. The molecule has 1 aliphatic heterocycles. The molecule has 5 nitrogen and oxygen atoms in total. The van der Waals surface area contributed by atoms with Crippen molar-refractivity contribution in [2.45, 2.75) is 24.4 Å². The maximum Gasteiger partial charge on any atom is 0.435 e. The van der Waals surface area contributed by atoms with Crippen LogP contribution in [0.2, 0.25) is 5.02 Å². The highest BCUT2D eigenvalue weighted by Gasteiger charge is 2.62. The van der Waals surface area contributed by atoms with E-state index in [-0.39, 0.29) is 5.71 Å². The van der Waals surface area contributed by atoms with Crippen LogP contribution in [-0.2, 0) is 21.4 Å². The van der Waals surface area contributed by atoms with E-state index in [9.17, 15) is 26.3 Å². The second-order valence-electron chi connectivity index (χ2n) is 7.68. The summed E-state index contributed by atoms with van der Waals surface area (Å²) in [4.78, 5) is 8.87. The summed E-state index contributed by atoms with van der Waals surface area (Å²) in [6, 6.07) is 5.09. The number of halogens is 7. The number of oxime groups is 1. The van der Waals surface area contributed by atoms with Gasteiger partial charge in [-0.3, -0.25) is 4.40 Å². The molecule has 0 spiro atoms. The van der Waals surface area contributed by atoms with Gasteiger partial charge in [0.2, 0.25) is 0 Å². The number of ether oxygens (including phenoxy) is 1. The van der Waals surface area contributed by atoms with Crippen molar-refractivity contribution in [2.24, 2.45) is 5.16 Å². The quantitative estimate of drug-likeness (QED) is 0.275. The van der Waals surface area contributed by atoms with Crippen molar-refractivity contribution in [2.75, 3.05) is 7.11 Å². The van der Waals surface area contributed by atoms with Gasteiger partial charge in [-0.25, -0.2) is 4.98 Å². The number of hydrogen-bond donors (Lipinski definition) is 0. The Morgan fingerprint density at radius 2 is 1.91 bits per heavy atom. The lowest BCUT2D eigenvalue weighted by atomic mass is 9.87. The number of fused-ring (bicyclic) bond motifs is 1. The van der Waals surface area contributed by atoms with Crippen molar-refractivity contribution in [1.29, 1.82) is 0 Å². The standard InChI is InChI=1S/C23H16ClF6N3O2/c1-13(34-2)19-6-5-18(33-12-31-11-20(19)33)4-3-17-10-21(35-32-17,23(28,29)30)14-7-15(22(25,26)27)9-16(24)8-14/h3-9,11-12H,1,10H2,2H3/b4-3+. The summed E-state index contributed by atoms with van der Waals surface area (Å²) in [6.07, 6.45) is -4.98. The van der Waals surface area contributed by atoms with Gasteiger partial charge in [0.05, 0.1) is 36.4 Å². The molecule has 1 unspecified atom stereocenters. The van der Waals surface area contributed by atoms with Gasteiger partial charge in [-0.1, -0.05) is 23.3 Å². The first kappa shape index (κ1) is 24.6. The monoisotopic (exact) mass is 515 g/mol. The molecule has 0 N–H and O–H groups in total. The maximum atomic E-state index is 14.1. The minimum atomic E-state index is -5.08. The van der Waals surface area contributed by atoms with E-state index in [1.165, 1.54) is 25.6 Å². The molecule has 1 aromatic carbocycles. The predicted molar refractivity (Wildman–Crippen MR) is 118 cm³/mol. The number of imidazole rings is 1. The first-order valence-corrected chi connectivity index (χ1v) is 10.3. The smallest absolute Gasteiger partial charge is 0.435 e. The number of allylic oxidation sites excluding steroid dienone is 1. The Morgan fingerprint density at radius 1 is 1.17 bits per heavy atom. The molecular weight excluding hydrogens is 500 g/mol. The van der Waals surface area contributed by atoms with Crippen LogP contribution in [0.4, 0.5) is 26.3 Å². The predicted octanol–water partition coefficient (Wildman–Crippen LogP) is 6.87. The Labute approximate surface area is 199 Å². The minimum Gasteiger partial charge on any atom is -0.497 e. The lowest BCUT2D eigenvalue weighted by Crippen LogP contribution is -2.42. The highest BCUT2D eigenvalue weighted by molar-refractivity contribution is 6.30. The normalized spacial score (nSPS) is 18.7. The van der Waals surface area contributed by atoms with Crippen molar-refractivity contribution in [3.8, 4) is 0 Å². The van der Waals surface area contributed by atoms with E-state index in [1.54, 1.807) is 22.7 Å². The van der Waals surface area contributed by atoms with Gasteiger partial charge < -0.3 is 9.57 Å². The molecule has 184 valence electrons. The highest BCUT2D eigenvalue weighted by atomic mass is 35.5. The first-order valence-electron chi connectivity index (χ1n) is 9.92. The second-order valence-corrected chi connectivity index (χ2v) is 8.12. The summed E-state index contributed by atoms with van der Waals surface area (Å²) < 4.78 is 88.8. The molecule has 0 saturated carbocycles. The third kappa shape index (κ3) is 4.47. The number of alkyl halides is 6. The zero-order chi connectivity index (χ0) is 25.6. The van der Waals surface area contributed by atoms with E-state index < -0.39 is 40.5 Å². The summed E-state index contributed by atoms with van der Waals surface area (Å²) in [7, 11) is 1.46. The summed E-state index contributed by atoms with van der Waals surface area (Å²) in [6.45, 7) is 3.80. The molecule has 3 heterocycles. The van der Waals surface area contributed by atoms with E-state index in [2.05, 4.69) is 16.7 Å². The van der Waals surface area contributed by atoms with Gasteiger partial charge >= 0.3 is 12.4 Å². The molecule has 0 bridgehead atoms. The van der Waals surface area contributed by atoms with Crippen LogP contribution in [-0.4, -0.2) is 28.4 Å². The minimum absolute atomic E-state index is 0.130. The first-order chi connectivity index (χ1) is 16.4. The van der Waals surface area contributed by atoms with Gasteiger partial charge in [0, 0.05) is 28.3 Å². The topological polar surface area (TPSA) is 48.1 Å². The summed E-state index contributed by atoms with van der Waals surface area (Å²) in [5, 5.41) is 3.01. The van der Waals surface area contributed by atoms with Gasteiger partial charge in [-0.05, 0) is 42.5 Å². The largest absolute Gasteiger partial charge is 0.497 e. The van der Waals surface area contributed by atoms with E-state index in [0.29, 0.717) is 34.7 Å². The van der Waals surface area contributed by atoms with Crippen molar-refractivity contribution < 1.29 is 35.9 Å². The number of rotatable bonds is 5. The fraction of sp³-hybridized carbons (Fsp3) is 0.217. The molecule has 1 aliphatic rings. The van der Waals surface area contributed by atoms with E-state index in [1.807, 2.05) is 0 Å². The summed E-state index contributed by atoms with van der Waals surface area (Å²) >= 11 is 5.72. The Morgan fingerprint density at radius 3 is 2.57 bits per heavy atom. The average molecular weight is 516 g/mol. The number of pyridine rings is 1. The van der Waals surface area contributed by atoms with Gasteiger partial charge in [0.15, 0.2) is 0 Å². The number of nitrogens with zero attached hydrogens (tertiary/aromatic N) is 3. The van der Waals surface area contributed by atoms with Crippen molar-refractivity contribution in [1.82, 2.24) is 9.38 Å². The molecule has 1 atom stereocenters. The second kappa shape index (κ2) is 8.63. The van der Waals surface area contributed by atoms with Crippen LogP contribution < -0.4 is 0 Å². The van der Waals surface area contributed by atoms with Crippen LogP contribution in [0.25, 0.3) is 17.4 Å². The number of hydrogen-bond acceptors (Lipinski definition) is 4. The Kier molecular flexibility index (Phi) is 6.08. The fourth-order valence-electron chi connectivity index (χ4n) is 3.70. The molecule has 0 radical (unpaired) electrons. The number of aromatic nitrogens is 2. The Bertz CT molecular complexity index is 1360. The molecule has 4 rings (SSSR count). The van der Waals surface area contributed by atoms with E-state index >= 15 is 0 Å². The molecule has 0 aliphatic carbocycles. The summed E-state index contributed by atoms with van der Waals surface area (Å²) in [5.41, 5.74) is -3.52. The molecule has 12 heteroatoms. The van der Waals surface area contributed by atoms with Crippen LogP contribution in [0.3, 0.4) is 0 Å². The van der Waals surface area contributed by atoms with E-state index in [4.69, 9.17) is 21.2 Å². The maximum absolute atomic E-state index is 14.1. The lowest BCUT2D eigenvalue weighted by molar-refractivity contribution is -0.276. The van der Waals surface area contributed by atoms with Gasteiger partial charge in [0.1, 0.15) is 5.76 Å². The van der Waals surface area contributed by atoms with Crippen LogP contribution in [0, 0.1) is 0 Å². The van der Waals surface area contributed by atoms with Crippen LogP contribution in [0.15, 0.2) is 60.7 Å². The Balaban J connectivity index is 1.68. The van der Waals surface area contributed by atoms with Gasteiger partial charge in [-0.15, -0.1) is 0 Å². The highest BCUT2D eigenvalue weighted by Crippen LogP contribution is 2.49. The number of methoxy groups -OCH3 is 1. The van der Waals surface area contributed by atoms with Crippen molar-refractivity contribution in [3.63, 3.8) is 0 Å². The Hall–Kier alpha value is -3.47. The average Bonchev–Trinajstić information content (AvgIpc) is 3.44. The molecule has 0 amide bonds. The molecule has 3 aromatic rings. The lowest BCUT2D eigenvalue weighted by Gasteiger charge is -2.30. The SMILES string of the molecule is C=C(OC)c1ccc(/C=C/C2=NOC(c3cc(Cl)cc(C(F)(F)F)c3)(C(F)(F)F)C2)n2cncc12. The van der Waals surface area contributed by atoms with Gasteiger partial charge in [-0.2, -0.15) is 26.3 Å². The fourth-order valence-corrected chi connectivity index (χ4v) is 3.94. The zero-order valence-electron chi connectivity index (χ0n) is 17.9. The molecule has 35 heavy (non-hydrogen) atoms. The molecular formula is C23H16ClF6N3O2. The third-order valence-corrected chi connectivity index (χ3v) is 5.72. The van der Waals surface area contributed by atoms with E-state index in [0.717, 1.165) is 6.07 Å².